The molecule has 0 unspecified atom stereocenters. The SMILES string of the molecule is O=C(Nc1ccc(C#CCO)cc1F)c1cn[nH]c1. The maximum atomic E-state index is 13.7. The number of amides is 1. The number of halogens is 1. The summed E-state index contributed by atoms with van der Waals surface area (Å²) in [5.41, 5.74) is 0.789. The van der Waals surface area contributed by atoms with Crippen LogP contribution in [-0.2, 0) is 0 Å². The number of aliphatic hydroxyl groups excluding tert-OH is 1. The molecule has 96 valence electrons. The van der Waals surface area contributed by atoms with Crippen LogP contribution in [-0.4, -0.2) is 27.8 Å². The number of rotatable bonds is 2. The molecule has 19 heavy (non-hydrogen) atoms. The Bertz CT molecular complexity index is 642. The third-order valence-corrected chi connectivity index (χ3v) is 2.29. The van der Waals surface area contributed by atoms with Gasteiger partial charge in [-0.25, -0.2) is 4.39 Å². The number of hydrogen-bond donors (Lipinski definition) is 3. The molecule has 0 saturated carbocycles. The van der Waals surface area contributed by atoms with Gasteiger partial charge in [0.15, 0.2) is 0 Å². The van der Waals surface area contributed by atoms with Gasteiger partial charge in [-0.05, 0) is 18.2 Å². The Morgan fingerprint density at radius 3 is 3.00 bits per heavy atom. The van der Waals surface area contributed by atoms with Crippen molar-refractivity contribution >= 4 is 11.6 Å². The number of hydrogen-bond acceptors (Lipinski definition) is 3. The maximum absolute atomic E-state index is 13.7. The fourth-order valence-corrected chi connectivity index (χ4v) is 1.41. The van der Waals surface area contributed by atoms with Gasteiger partial charge in [0, 0.05) is 11.8 Å². The lowest BCUT2D eigenvalue weighted by Gasteiger charge is -2.05. The summed E-state index contributed by atoms with van der Waals surface area (Å²) in [5, 5.41) is 17.1. The lowest BCUT2D eigenvalue weighted by atomic mass is 10.2. The highest BCUT2D eigenvalue weighted by atomic mass is 19.1. The minimum atomic E-state index is -0.596. The lowest BCUT2D eigenvalue weighted by molar-refractivity contribution is 0.102. The Labute approximate surface area is 108 Å². The number of carbonyl (C=O) groups excluding carboxylic acids is 1. The number of carbonyl (C=O) groups is 1. The summed E-state index contributed by atoms with van der Waals surface area (Å²) in [7, 11) is 0. The van der Waals surface area contributed by atoms with Gasteiger partial charge in [0.25, 0.3) is 5.91 Å². The molecule has 0 aliphatic rings. The third-order valence-electron chi connectivity index (χ3n) is 2.29. The van der Waals surface area contributed by atoms with Crippen molar-refractivity contribution in [3.8, 4) is 11.8 Å². The van der Waals surface area contributed by atoms with Gasteiger partial charge in [0.05, 0.1) is 17.4 Å². The molecule has 1 heterocycles. The minimum Gasteiger partial charge on any atom is -0.384 e. The van der Waals surface area contributed by atoms with Crippen LogP contribution in [0.1, 0.15) is 15.9 Å². The van der Waals surface area contributed by atoms with Gasteiger partial charge in [-0.1, -0.05) is 11.8 Å². The molecule has 1 aromatic carbocycles. The van der Waals surface area contributed by atoms with Gasteiger partial charge in [0.1, 0.15) is 12.4 Å². The van der Waals surface area contributed by atoms with Crippen molar-refractivity contribution in [3.63, 3.8) is 0 Å². The van der Waals surface area contributed by atoms with Crippen molar-refractivity contribution in [1.29, 1.82) is 0 Å². The number of benzene rings is 1. The first-order chi connectivity index (χ1) is 9.20. The van der Waals surface area contributed by atoms with E-state index in [-0.39, 0.29) is 12.3 Å². The van der Waals surface area contributed by atoms with Gasteiger partial charge in [0.2, 0.25) is 0 Å². The highest BCUT2D eigenvalue weighted by Gasteiger charge is 2.10. The van der Waals surface area contributed by atoms with Crippen LogP contribution < -0.4 is 5.32 Å². The Kier molecular flexibility index (Phi) is 3.90. The van der Waals surface area contributed by atoms with Crippen molar-refractivity contribution in [1.82, 2.24) is 10.2 Å². The largest absolute Gasteiger partial charge is 0.384 e. The molecule has 0 atom stereocenters. The summed E-state index contributed by atoms with van der Waals surface area (Å²) < 4.78 is 13.7. The molecule has 1 amide bonds. The van der Waals surface area contributed by atoms with Gasteiger partial charge >= 0.3 is 0 Å². The molecule has 3 N–H and O–H groups in total. The van der Waals surface area contributed by atoms with Crippen LogP contribution in [0.3, 0.4) is 0 Å². The first kappa shape index (κ1) is 12.8. The minimum absolute atomic E-state index is 0.0562. The summed E-state index contributed by atoms with van der Waals surface area (Å²) in [6.45, 7) is -0.291. The molecule has 0 aliphatic carbocycles. The number of anilines is 1. The van der Waals surface area contributed by atoms with E-state index in [9.17, 15) is 9.18 Å². The van der Waals surface area contributed by atoms with E-state index in [1.165, 1.54) is 24.5 Å². The van der Waals surface area contributed by atoms with E-state index in [1.807, 2.05) is 0 Å². The smallest absolute Gasteiger partial charge is 0.258 e. The Balaban J connectivity index is 2.15. The average molecular weight is 259 g/mol. The number of H-pyrrole nitrogens is 1. The maximum Gasteiger partial charge on any atom is 0.258 e. The quantitative estimate of drug-likeness (QED) is 0.708. The molecule has 0 fully saturated rings. The molecular weight excluding hydrogens is 249 g/mol. The molecule has 1 aromatic heterocycles. The summed E-state index contributed by atoms with van der Waals surface area (Å²) in [6, 6.07) is 4.15. The summed E-state index contributed by atoms with van der Waals surface area (Å²) in [4.78, 5) is 11.7. The Morgan fingerprint density at radius 1 is 1.53 bits per heavy atom. The standard InChI is InChI=1S/C13H10FN3O2/c14-11-6-9(2-1-5-18)3-4-12(11)17-13(19)10-7-15-16-8-10/h3-4,6-8,18H,5H2,(H,15,16)(H,17,19). The first-order valence-electron chi connectivity index (χ1n) is 5.40. The van der Waals surface area contributed by atoms with E-state index in [4.69, 9.17) is 5.11 Å². The van der Waals surface area contributed by atoms with E-state index in [0.717, 1.165) is 0 Å². The van der Waals surface area contributed by atoms with Gasteiger partial charge in [-0.15, -0.1) is 0 Å². The molecule has 2 rings (SSSR count). The summed E-state index contributed by atoms with van der Waals surface area (Å²) in [6.07, 6.45) is 2.75. The topological polar surface area (TPSA) is 78.0 Å². The highest BCUT2D eigenvalue weighted by Crippen LogP contribution is 2.16. The van der Waals surface area contributed by atoms with Crippen molar-refractivity contribution in [2.45, 2.75) is 0 Å². The molecule has 0 bridgehead atoms. The molecule has 6 heteroatoms. The normalized spacial score (nSPS) is 9.58. The second-order valence-corrected chi connectivity index (χ2v) is 3.60. The van der Waals surface area contributed by atoms with Crippen molar-refractivity contribution < 1.29 is 14.3 Å². The van der Waals surface area contributed by atoms with E-state index in [0.29, 0.717) is 11.1 Å². The third kappa shape index (κ3) is 3.18. The number of nitrogens with zero attached hydrogens (tertiary/aromatic N) is 1. The second-order valence-electron chi connectivity index (χ2n) is 3.60. The van der Waals surface area contributed by atoms with Crippen molar-refractivity contribution in [2.24, 2.45) is 0 Å². The lowest BCUT2D eigenvalue weighted by Crippen LogP contribution is -2.12. The van der Waals surface area contributed by atoms with Crippen LogP contribution in [0.2, 0.25) is 0 Å². The van der Waals surface area contributed by atoms with Crippen LogP contribution in [0, 0.1) is 17.7 Å². The molecule has 0 aliphatic heterocycles. The molecule has 0 spiro atoms. The summed E-state index contributed by atoms with van der Waals surface area (Å²) >= 11 is 0. The fraction of sp³-hybridized carbons (Fsp3) is 0.0769. The van der Waals surface area contributed by atoms with E-state index in [1.54, 1.807) is 6.07 Å². The predicted molar refractivity (Wildman–Crippen MR) is 66.9 cm³/mol. The summed E-state index contributed by atoms with van der Waals surface area (Å²) in [5.74, 6) is 3.94. The van der Waals surface area contributed by atoms with Gasteiger partial charge in [-0.2, -0.15) is 5.10 Å². The molecule has 0 radical (unpaired) electrons. The zero-order valence-electron chi connectivity index (χ0n) is 9.77. The van der Waals surface area contributed by atoms with E-state index in [2.05, 4.69) is 27.4 Å². The Morgan fingerprint density at radius 2 is 2.37 bits per heavy atom. The zero-order chi connectivity index (χ0) is 13.7. The number of aromatic nitrogens is 2. The number of aromatic amines is 1. The van der Waals surface area contributed by atoms with Crippen LogP contribution >= 0.6 is 0 Å². The Hall–Kier alpha value is -2.65. The van der Waals surface area contributed by atoms with Crippen LogP contribution in [0.4, 0.5) is 10.1 Å². The second kappa shape index (κ2) is 5.80. The van der Waals surface area contributed by atoms with Gasteiger partial charge < -0.3 is 10.4 Å². The fourth-order valence-electron chi connectivity index (χ4n) is 1.41. The zero-order valence-corrected chi connectivity index (χ0v) is 9.77. The van der Waals surface area contributed by atoms with Crippen molar-refractivity contribution in [2.75, 3.05) is 11.9 Å². The number of aliphatic hydroxyl groups is 1. The first-order valence-corrected chi connectivity index (χ1v) is 5.40. The average Bonchev–Trinajstić information content (AvgIpc) is 2.93. The van der Waals surface area contributed by atoms with Gasteiger partial charge in [-0.3, -0.25) is 9.89 Å². The highest BCUT2D eigenvalue weighted by molar-refractivity contribution is 6.03. The van der Waals surface area contributed by atoms with Crippen LogP contribution in [0.25, 0.3) is 0 Å². The van der Waals surface area contributed by atoms with Crippen molar-refractivity contribution in [3.05, 3.63) is 47.5 Å². The number of nitrogens with one attached hydrogen (secondary N) is 2. The van der Waals surface area contributed by atoms with E-state index < -0.39 is 11.7 Å². The van der Waals surface area contributed by atoms with Crippen LogP contribution in [0.5, 0.6) is 0 Å². The molecule has 5 nitrogen and oxygen atoms in total. The molecule has 0 saturated heterocycles. The molecule has 2 aromatic rings. The predicted octanol–water partition coefficient (Wildman–Crippen LogP) is 1.14. The monoisotopic (exact) mass is 259 g/mol. The van der Waals surface area contributed by atoms with E-state index >= 15 is 0 Å². The van der Waals surface area contributed by atoms with Crippen LogP contribution in [0.15, 0.2) is 30.6 Å². The molecular formula is C13H10FN3O2.